The van der Waals surface area contributed by atoms with Crippen LogP contribution in [-0.2, 0) is 10.8 Å². The third-order valence-corrected chi connectivity index (χ3v) is 4.02. The maximum atomic E-state index is 11.0. The molecule has 0 amide bonds. The Hall–Kier alpha value is 0.0700. The minimum atomic E-state index is -0.657. The van der Waals surface area contributed by atoms with Gasteiger partial charge in [-0.05, 0) is 46.1 Å². The van der Waals surface area contributed by atoms with Crippen molar-refractivity contribution in [2.75, 3.05) is 18.6 Å². The van der Waals surface area contributed by atoms with Gasteiger partial charge in [0.15, 0.2) is 0 Å². The Balaban J connectivity index is 2.11. The van der Waals surface area contributed by atoms with E-state index in [9.17, 15) is 4.21 Å². The number of hydrogen-bond donors (Lipinski definition) is 2. The summed E-state index contributed by atoms with van der Waals surface area (Å²) < 4.78 is 11.0. The molecule has 0 radical (unpaired) electrons. The number of hydrogen-bond acceptors (Lipinski definition) is 3. The Morgan fingerprint density at radius 3 is 2.75 bits per heavy atom. The minimum Gasteiger partial charge on any atom is -0.314 e. The van der Waals surface area contributed by atoms with Gasteiger partial charge in [0.1, 0.15) is 0 Å². The molecule has 4 atom stereocenters. The van der Waals surface area contributed by atoms with E-state index in [1.54, 1.807) is 6.26 Å². The molecule has 96 valence electrons. The van der Waals surface area contributed by atoms with E-state index in [1.165, 1.54) is 25.8 Å². The van der Waals surface area contributed by atoms with Crippen molar-refractivity contribution < 1.29 is 4.21 Å². The summed E-state index contributed by atoms with van der Waals surface area (Å²) in [6, 6.07) is 1.73. The van der Waals surface area contributed by atoms with Crippen molar-refractivity contribution in [3.63, 3.8) is 0 Å². The first-order valence-corrected chi connectivity index (χ1v) is 8.10. The molecule has 0 bridgehead atoms. The minimum absolute atomic E-state index is 0.473. The summed E-state index contributed by atoms with van der Waals surface area (Å²) in [7, 11) is -0.657. The maximum Gasteiger partial charge on any atom is 0.0246 e. The zero-order valence-electron chi connectivity index (χ0n) is 10.8. The van der Waals surface area contributed by atoms with Crippen LogP contribution < -0.4 is 10.6 Å². The monoisotopic (exact) mass is 246 g/mol. The highest BCUT2D eigenvalue weighted by atomic mass is 32.2. The molecular weight excluding hydrogens is 220 g/mol. The van der Waals surface area contributed by atoms with E-state index in [1.807, 2.05) is 0 Å². The van der Waals surface area contributed by atoms with Gasteiger partial charge in [-0.3, -0.25) is 4.21 Å². The Morgan fingerprint density at radius 1 is 1.44 bits per heavy atom. The van der Waals surface area contributed by atoms with E-state index in [0.717, 1.165) is 12.2 Å². The van der Waals surface area contributed by atoms with Crippen molar-refractivity contribution in [3.8, 4) is 0 Å². The number of rotatable bonds is 7. The van der Waals surface area contributed by atoms with Crippen molar-refractivity contribution in [3.05, 3.63) is 0 Å². The lowest BCUT2D eigenvalue weighted by Crippen LogP contribution is -2.39. The standard InChI is InChI=1S/C12H26N2OS/c1-10(6-8-16(3)15)14-11(2)9-12-5-4-7-13-12/h10-14H,4-9H2,1-3H3. The molecule has 1 fully saturated rings. The van der Waals surface area contributed by atoms with Crippen LogP contribution in [0.1, 0.15) is 39.5 Å². The smallest absolute Gasteiger partial charge is 0.0246 e. The molecule has 0 aromatic carbocycles. The fraction of sp³-hybridized carbons (Fsp3) is 1.00. The molecule has 0 aromatic rings. The first-order chi connectivity index (χ1) is 7.58. The highest BCUT2D eigenvalue weighted by Crippen LogP contribution is 2.11. The normalized spacial score (nSPS) is 26.6. The van der Waals surface area contributed by atoms with Crippen molar-refractivity contribution in [2.24, 2.45) is 0 Å². The fourth-order valence-electron chi connectivity index (χ4n) is 2.36. The first kappa shape index (κ1) is 14.1. The van der Waals surface area contributed by atoms with Gasteiger partial charge in [-0.2, -0.15) is 0 Å². The highest BCUT2D eigenvalue weighted by molar-refractivity contribution is 7.84. The first-order valence-electron chi connectivity index (χ1n) is 6.37. The van der Waals surface area contributed by atoms with Crippen LogP contribution in [0, 0.1) is 0 Å². The molecule has 4 unspecified atom stereocenters. The Morgan fingerprint density at radius 2 is 2.19 bits per heavy atom. The lowest BCUT2D eigenvalue weighted by atomic mass is 10.1. The lowest BCUT2D eigenvalue weighted by molar-refractivity contribution is 0.398. The zero-order chi connectivity index (χ0) is 12.0. The van der Waals surface area contributed by atoms with Gasteiger partial charge in [0.2, 0.25) is 0 Å². The second-order valence-corrected chi connectivity index (χ2v) is 6.62. The Kier molecular flexibility index (Phi) is 6.54. The van der Waals surface area contributed by atoms with Crippen LogP contribution in [0.5, 0.6) is 0 Å². The summed E-state index contributed by atoms with van der Waals surface area (Å²) in [5.41, 5.74) is 0. The van der Waals surface area contributed by atoms with E-state index in [-0.39, 0.29) is 0 Å². The van der Waals surface area contributed by atoms with Gasteiger partial charge in [0, 0.05) is 40.9 Å². The van der Waals surface area contributed by atoms with Gasteiger partial charge in [-0.1, -0.05) is 0 Å². The molecule has 4 heteroatoms. The van der Waals surface area contributed by atoms with Crippen LogP contribution >= 0.6 is 0 Å². The van der Waals surface area contributed by atoms with E-state index in [4.69, 9.17) is 0 Å². The molecular formula is C12H26N2OS. The molecule has 0 saturated carbocycles. The summed E-state index contributed by atoms with van der Waals surface area (Å²) in [5, 5.41) is 7.11. The van der Waals surface area contributed by atoms with Crippen LogP contribution in [-0.4, -0.2) is 40.9 Å². The van der Waals surface area contributed by atoms with Gasteiger partial charge >= 0.3 is 0 Å². The summed E-state index contributed by atoms with van der Waals surface area (Å²) in [5.74, 6) is 0.808. The zero-order valence-corrected chi connectivity index (χ0v) is 11.6. The van der Waals surface area contributed by atoms with Crippen LogP contribution in [0.4, 0.5) is 0 Å². The lowest BCUT2D eigenvalue weighted by Gasteiger charge is -2.22. The molecule has 0 aromatic heterocycles. The largest absolute Gasteiger partial charge is 0.314 e. The van der Waals surface area contributed by atoms with Gasteiger partial charge < -0.3 is 10.6 Å². The van der Waals surface area contributed by atoms with Crippen LogP contribution in [0.3, 0.4) is 0 Å². The van der Waals surface area contributed by atoms with Crippen LogP contribution in [0.25, 0.3) is 0 Å². The molecule has 1 aliphatic rings. The summed E-state index contributed by atoms with van der Waals surface area (Å²) in [4.78, 5) is 0. The fourth-order valence-corrected chi connectivity index (χ4v) is 3.05. The molecule has 1 rings (SSSR count). The summed E-state index contributed by atoms with van der Waals surface area (Å²) >= 11 is 0. The van der Waals surface area contributed by atoms with Gasteiger partial charge in [0.05, 0.1) is 0 Å². The average Bonchev–Trinajstić information content (AvgIpc) is 2.67. The van der Waals surface area contributed by atoms with Crippen molar-refractivity contribution in [2.45, 2.75) is 57.7 Å². The Bertz CT molecular complexity index is 217. The van der Waals surface area contributed by atoms with Crippen molar-refractivity contribution in [1.82, 2.24) is 10.6 Å². The van der Waals surface area contributed by atoms with Gasteiger partial charge in [-0.25, -0.2) is 0 Å². The van der Waals surface area contributed by atoms with E-state index >= 15 is 0 Å². The molecule has 1 saturated heterocycles. The molecule has 1 aliphatic heterocycles. The van der Waals surface area contributed by atoms with E-state index < -0.39 is 10.8 Å². The van der Waals surface area contributed by atoms with E-state index in [2.05, 4.69) is 24.5 Å². The molecule has 1 heterocycles. The Labute approximate surface area is 102 Å². The molecule has 16 heavy (non-hydrogen) atoms. The molecule has 0 spiro atoms. The molecule has 2 N–H and O–H groups in total. The third kappa shape index (κ3) is 5.97. The van der Waals surface area contributed by atoms with Gasteiger partial charge in [-0.15, -0.1) is 0 Å². The van der Waals surface area contributed by atoms with Crippen molar-refractivity contribution in [1.29, 1.82) is 0 Å². The maximum absolute atomic E-state index is 11.0. The van der Waals surface area contributed by atoms with Crippen molar-refractivity contribution >= 4 is 10.8 Å². The third-order valence-electron chi connectivity index (χ3n) is 3.21. The SMILES string of the molecule is CC(CCS(C)=O)NC(C)CC1CCCN1. The van der Waals surface area contributed by atoms with Crippen LogP contribution in [0.2, 0.25) is 0 Å². The number of nitrogens with one attached hydrogen (secondary N) is 2. The predicted octanol–water partition coefficient (Wildman–Crippen LogP) is 1.26. The summed E-state index contributed by atoms with van der Waals surface area (Å²) in [6.07, 6.45) is 6.63. The quantitative estimate of drug-likeness (QED) is 0.711. The molecule has 0 aliphatic carbocycles. The predicted molar refractivity (Wildman–Crippen MR) is 71.3 cm³/mol. The average molecular weight is 246 g/mol. The second-order valence-electron chi connectivity index (χ2n) is 5.06. The second kappa shape index (κ2) is 7.41. The van der Waals surface area contributed by atoms with Gasteiger partial charge in [0.25, 0.3) is 0 Å². The summed E-state index contributed by atoms with van der Waals surface area (Å²) in [6.45, 7) is 5.62. The topological polar surface area (TPSA) is 41.1 Å². The highest BCUT2D eigenvalue weighted by Gasteiger charge is 2.17. The van der Waals surface area contributed by atoms with Crippen LogP contribution in [0.15, 0.2) is 0 Å². The molecule has 3 nitrogen and oxygen atoms in total. The van der Waals surface area contributed by atoms with E-state index in [0.29, 0.717) is 18.1 Å².